The lowest BCUT2D eigenvalue weighted by Gasteiger charge is -2.17. The first-order valence-electron chi connectivity index (χ1n) is 7.88. The SMILES string of the molecule is CCCCC(CC)CNCC1Cc2cc(Br)ccc2O1. The molecule has 2 nitrogen and oxygen atoms in total. The van der Waals surface area contributed by atoms with Crippen LogP contribution in [0.1, 0.15) is 45.1 Å². The normalized spacial score (nSPS) is 18.6. The minimum Gasteiger partial charge on any atom is -0.488 e. The average molecular weight is 340 g/mol. The van der Waals surface area contributed by atoms with Gasteiger partial charge in [-0.3, -0.25) is 0 Å². The van der Waals surface area contributed by atoms with Gasteiger partial charge in [0.2, 0.25) is 0 Å². The van der Waals surface area contributed by atoms with Gasteiger partial charge in [-0.05, 0) is 42.6 Å². The van der Waals surface area contributed by atoms with Crippen LogP contribution in [0.5, 0.6) is 5.75 Å². The van der Waals surface area contributed by atoms with Crippen LogP contribution in [-0.4, -0.2) is 19.2 Å². The van der Waals surface area contributed by atoms with Crippen molar-refractivity contribution in [1.82, 2.24) is 5.32 Å². The smallest absolute Gasteiger partial charge is 0.123 e. The number of unbranched alkanes of at least 4 members (excludes halogenated alkanes) is 1. The molecule has 0 spiro atoms. The monoisotopic (exact) mass is 339 g/mol. The summed E-state index contributed by atoms with van der Waals surface area (Å²) in [6, 6.07) is 6.29. The lowest BCUT2D eigenvalue weighted by atomic mass is 9.99. The van der Waals surface area contributed by atoms with E-state index in [2.05, 4.69) is 47.2 Å². The Morgan fingerprint density at radius 1 is 1.40 bits per heavy atom. The van der Waals surface area contributed by atoms with E-state index < -0.39 is 0 Å². The molecule has 2 rings (SSSR count). The molecule has 0 saturated heterocycles. The summed E-state index contributed by atoms with van der Waals surface area (Å²) in [4.78, 5) is 0. The number of fused-ring (bicyclic) bond motifs is 1. The van der Waals surface area contributed by atoms with Gasteiger partial charge in [0, 0.05) is 17.4 Å². The Balaban J connectivity index is 1.71. The molecule has 0 amide bonds. The number of hydrogen-bond donors (Lipinski definition) is 1. The Bertz CT molecular complexity index is 421. The zero-order chi connectivity index (χ0) is 14.4. The van der Waals surface area contributed by atoms with Crippen molar-refractivity contribution in [3.63, 3.8) is 0 Å². The molecule has 2 unspecified atom stereocenters. The molecule has 20 heavy (non-hydrogen) atoms. The van der Waals surface area contributed by atoms with Gasteiger partial charge in [0.05, 0.1) is 0 Å². The molecule has 0 aliphatic carbocycles. The first kappa shape index (κ1) is 15.8. The topological polar surface area (TPSA) is 21.3 Å². The number of ether oxygens (including phenoxy) is 1. The van der Waals surface area contributed by atoms with Crippen LogP contribution in [0.15, 0.2) is 22.7 Å². The first-order valence-corrected chi connectivity index (χ1v) is 8.68. The minimum atomic E-state index is 0.294. The number of rotatable bonds is 8. The summed E-state index contributed by atoms with van der Waals surface area (Å²) in [6.45, 7) is 6.63. The van der Waals surface area contributed by atoms with Crippen LogP contribution in [0.4, 0.5) is 0 Å². The highest BCUT2D eigenvalue weighted by Gasteiger charge is 2.22. The predicted octanol–water partition coefficient (Wildman–Crippen LogP) is 4.56. The molecule has 0 radical (unpaired) electrons. The van der Waals surface area contributed by atoms with Crippen molar-refractivity contribution in [3.8, 4) is 5.75 Å². The second kappa shape index (κ2) is 8.04. The molecule has 1 aromatic rings. The molecular weight excluding hydrogens is 314 g/mol. The van der Waals surface area contributed by atoms with Crippen molar-refractivity contribution >= 4 is 15.9 Å². The Morgan fingerprint density at radius 3 is 3.00 bits per heavy atom. The molecule has 1 aromatic carbocycles. The molecule has 1 aliphatic rings. The third-order valence-electron chi connectivity index (χ3n) is 4.11. The maximum Gasteiger partial charge on any atom is 0.123 e. The summed E-state index contributed by atoms with van der Waals surface area (Å²) in [5.74, 6) is 1.87. The van der Waals surface area contributed by atoms with Gasteiger partial charge < -0.3 is 10.1 Å². The molecule has 0 fully saturated rings. The van der Waals surface area contributed by atoms with Gasteiger partial charge in [-0.1, -0.05) is 49.0 Å². The third-order valence-corrected chi connectivity index (χ3v) is 4.61. The summed E-state index contributed by atoms with van der Waals surface area (Å²) in [7, 11) is 0. The highest BCUT2D eigenvalue weighted by Crippen LogP contribution is 2.30. The van der Waals surface area contributed by atoms with Crippen molar-refractivity contribution in [1.29, 1.82) is 0 Å². The van der Waals surface area contributed by atoms with Crippen LogP contribution < -0.4 is 10.1 Å². The quantitative estimate of drug-likeness (QED) is 0.749. The largest absolute Gasteiger partial charge is 0.488 e. The van der Waals surface area contributed by atoms with Gasteiger partial charge in [-0.2, -0.15) is 0 Å². The highest BCUT2D eigenvalue weighted by molar-refractivity contribution is 9.10. The highest BCUT2D eigenvalue weighted by atomic mass is 79.9. The number of halogens is 1. The maximum atomic E-state index is 5.98. The van der Waals surface area contributed by atoms with Crippen molar-refractivity contribution in [2.45, 2.75) is 52.1 Å². The van der Waals surface area contributed by atoms with Crippen molar-refractivity contribution in [2.75, 3.05) is 13.1 Å². The van der Waals surface area contributed by atoms with Crippen molar-refractivity contribution in [2.24, 2.45) is 5.92 Å². The van der Waals surface area contributed by atoms with E-state index in [1.54, 1.807) is 0 Å². The minimum absolute atomic E-state index is 0.294. The van der Waals surface area contributed by atoms with E-state index in [0.29, 0.717) is 6.10 Å². The first-order chi connectivity index (χ1) is 9.72. The van der Waals surface area contributed by atoms with E-state index in [1.807, 2.05) is 6.07 Å². The standard InChI is InChI=1S/C17H26BrNO/c1-3-5-6-13(4-2)11-19-12-16-10-14-9-15(18)7-8-17(14)20-16/h7-9,13,16,19H,3-6,10-12H2,1-2H3. The van der Waals surface area contributed by atoms with E-state index in [9.17, 15) is 0 Å². The van der Waals surface area contributed by atoms with Crippen LogP contribution in [0, 0.1) is 5.92 Å². The molecule has 0 bridgehead atoms. The Kier molecular flexibility index (Phi) is 6.37. The van der Waals surface area contributed by atoms with Crippen LogP contribution in [-0.2, 0) is 6.42 Å². The second-order valence-corrected chi connectivity index (χ2v) is 6.69. The number of hydrogen-bond acceptors (Lipinski definition) is 2. The molecule has 1 aliphatic heterocycles. The van der Waals surface area contributed by atoms with Crippen molar-refractivity contribution < 1.29 is 4.74 Å². The molecular formula is C17H26BrNO. The van der Waals surface area contributed by atoms with Gasteiger partial charge in [-0.25, -0.2) is 0 Å². The Labute approximate surface area is 131 Å². The van der Waals surface area contributed by atoms with E-state index in [4.69, 9.17) is 4.74 Å². The fraction of sp³-hybridized carbons (Fsp3) is 0.647. The number of benzene rings is 1. The van der Waals surface area contributed by atoms with Gasteiger partial charge in [-0.15, -0.1) is 0 Å². The summed E-state index contributed by atoms with van der Waals surface area (Å²) < 4.78 is 7.11. The van der Waals surface area contributed by atoms with Gasteiger partial charge in [0.1, 0.15) is 11.9 Å². The fourth-order valence-electron chi connectivity index (χ4n) is 2.79. The Morgan fingerprint density at radius 2 is 2.25 bits per heavy atom. The van der Waals surface area contributed by atoms with Crippen LogP contribution in [0.3, 0.4) is 0 Å². The van der Waals surface area contributed by atoms with E-state index >= 15 is 0 Å². The zero-order valence-corrected chi connectivity index (χ0v) is 14.2. The molecule has 3 heteroatoms. The molecule has 2 atom stereocenters. The third kappa shape index (κ3) is 4.49. The molecule has 112 valence electrons. The van der Waals surface area contributed by atoms with Gasteiger partial charge in [0.15, 0.2) is 0 Å². The van der Waals surface area contributed by atoms with Crippen molar-refractivity contribution in [3.05, 3.63) is 28.2 Å². The van der Waals surface area contributed by atoms with Gasteiger partial charge >= 0.3 is 0 Å². The summed E-state index contributed by atoms with van der Waals surface area (Å²) >= 11 is 3.52. The van der Waals surface area contributed by atoms with E-state index in [-0.39, 0.29) is 0 Å². The lowest BCUT2D eigenvalue weighted by molar-refractivity contribution is 0.223. The van der Waals surface area contributed by atoms with E-state index in [0.717, 1.165) is 35.7 Å². The number of nitrogens with one attached hydrogen (secondary N) is 1. The molecule has 0 saturated carbocycles. The zero-order valence-electron chi connectivity index (χ0n) is 12.6. The second-order valence-electron chi connectivity index (χ2n) is 5.77. The summed E-state index contributed by atoms with van der Waals surface area (Å²) in [5.41, 5.74) is 1.32. The Hall–Kier alpha value is -0.540. The van der Waals surface area contributed by atoms with Crippen LogP contribution >= 0.6 is 15.9 Å². The average Bonchev–Trinajstić information content (AvgIpc) is 2.84. The van der Waals surface area contributed by atoms with Gasteiger partial charge in [0.25, 0.3) is 0 Å². The van der Waals surface area contributed by atoms with Crippen LogP contribution in [0.25, 0.3) is 0 Å². The van der Waals surface area contributed by atoms with E-state index in [1.165, 1.54) is 31.2 Å². The maximum absolute atomic E-state index is 5.98. The molecule has 1 N–H and O–H groups in total. The van der Waals surface area contributed by atoms with Crippen LogP contribution in [0.2, 0.25) is 0 Å². The predicted molar refractivity (Wildman–Crippen MR) is 88.4 cm³/mol. The summed E-state index contributed by atoms with van der Waals surface area (Å²) in [5, 5.41) is 3.60. The fourth-order valence-corrected chi connectivity index (χ4v) is 3.20. The summed E-state index contributed by atoms with van der Waals surface area (Å²) in [6.07, 6.45) is 6.58. The lowest BCUT2D eigenvalue weighted by Crippen LogP contribution is -2.33. The molecule has 1 heterocycles. The molecule has 0 aromatic heterocycles.